The summed E-state index contributed by atoms with van der Waals surface area (Å²) in [6.45, 7) is 5.72. The maximum Gasteiger partial charge on any atom is 0.316 e. The highest BCUT2D eigenvalue weighted by atomic mass is 16.6. The Morgan fingerprint density at radius 2 is 2.12 bits per heavy atom. The summed E-state index contributed by atoms with van der Waals surface area (Å²) >= 11 is 0. The second-order valence-corrected chi connectivity index (χ2v) is 8.86. The molecule has 4 aliphatic carbocycles. The largest absolute Gasteiger partial charge is 0.481 e. The standard InChI is InChI=1S/C19H22O6/c1-8-6-18-7-9(8)10(20)5-11(18)19-4-3-12(21)17(2,16(24)25-19)14(19)13(18)15(22)23/h3-4,9-14,20-21H,1,5-7H2,2H3,(H,22,23)/t9-,10+,11-,12+,13-,14-,17-,18+,19-/m1/s1. The molecule has 5 aliphatic rings. The van der Waals surface area contributed by atoms with Gasteiger partial charge >= 0.3 is 11.9 Å². The molecule has 0 amide bonds. The van der Waals surface area contributed by atoms with Crippen molar-refractivity contribution in [1.82, 2.24) is 0 Å². The second kappa shape index (κ2) is 4.18. The average Bonchev–Trinajstić information content (AvgIpc) is 3.02. The minimum absolute atomic E-state index is 0.0920. The summed E-state index contributed by atoms with van der Waals surface area (Å²) < 4.78 is 5.86. The molecule has 6 nitrogen and oxygen atoms in total. The van der Waals surface area contributed by atoms with Crippen LogP contribution in [0.2, 0.25) is 0 Å². The zero-order valence-corrected chi connectivity index (χ0v) is 14.0. The van der Waals surface area contributed by atoms with Gasteiger partial charge in [0.2, 0.25) is 0 Å². The van der Waals surface area contributed by atoms with Gasteiger partial charge in [-0.3, -0.25) is 9.59 Å². The van der Waals surface area contributed by atoms with E-state index in [0.29, 0.717) is 19.3 Å². The maximum atomic E-state index is 12.7. The summed E-state index contributed by atoms with van der Waals surface area (Å²) in [5.41, 5.74) is -2.00. The van der Waals surface area contributed by atoms with Gasteiger partial charge in [-0.25, -0.2) is 0 Å². The van der Waals surface area contributed by atoms with E-state index >= 15 is 0 Å². The molecule has 0 aromatic carbocycles. The molecule has 3 N–H and O–H groups in total. The van der Waals surface area contributed by atoms with Crippen LogP contribution in [0.3, 0.4) is 0 Å². The summed E-state index contributed by atoms with van der Waals surface area (Å²) in [4.78, 5) is 25.1. The van der Waals surface area contributed by atoms with E-state index in [9.17, 15) is 24.9 Å². The molecule has 6 heteroatoms. The Bertz CT molecular complexity index is 757. The Balaban J connectivity index is 1.78. The van der Waals surface area contributed by atoms with Crippen LogP contribution in [0.1, 0.15) is 26.2 Å². The lowest BCUT2D eigenvalue weighted by Crippen LogP contribution is -2.50. The average molecular weight is 346 g/mol. The number of carboxylic acids is 1. The molecule has 1 aliphatic heterocycles. The van der Waals surface area contributed by atoms with Crippen molar-refractivity contribution in [2.45, 2.75) is 44.0 Å². The molecule has 25 heavy (non-hydrogen) atoms. The van der Waals surface area contributed by atoms with E-state index in [-0.39, 0.29) is 11.8 Å². The molecule has 1 spiro atoms. The van der Waals surface area contributed by atoms with Crippen LogP contribution in [0.15, 0.2) is 24.3 Å². The van der Waals surface area contributed by atoms with Crippen LogP contribution in [0, 0.1) is 34.5 Å². The predicted molar refractivity (Wildman–Crippen MR) is 85.1 cm³/mol. The lowest BCUT2D eigenvalue weighted by Gasteiger charge is -2.44. The van der Waals surface area contributed by atoms with Gasteiger partial charge in [0.15, 0.2) is 0 Å². The van der Waals surface area contributed by atoms with Crippen molar-refractivity contribution in [3.05, 3.63) is 24.3 Å². The Kier molecular flexibility index (Phi) is 2.60. The van der Waals surface area contributed by atoms with Crippen LogP contribution in [0.4, 0.5) is 0 Å². The number of carbonyl (C=O) groups excluding carboxylic acids is 1. The number of fused-ring (bicyclic) bond motifs is 1. The molecule has 4 fully saturated rings. The number of carboxylic acid groups (broad SMARTS) is 1. The molecule has 0 aromatic rings. The lowest BCUT2D eigenvalue weighted by atomic mass is 9.61. The van der Waals surface area contributed by atoms with Crippen LogP contribution < -0.4 is 0 Å². The Morgan fingerprint density at radius 3 is 2.80 bits per heavy atom. The second-order valence-electron chi connectivity index (χ2n) is 8.86. The van der Waals surface area contributed by atoms with E-state index in [4.69, 9.17) is 4.74 Å². The minimum atomic E-state index is -1.27. The third-order valence-corrected chi connectivity index (χ3v) is 8.07. The van der Waals surface area contributed by atoms with Crippen LogP contribution in [0.5, 0.6) is 0 Å². The fourth-order valence-corrected chi connectivity index (χ4v) is 7.13. The molecule has 9 atom stereocenters. The van der Waals surface area contributed by atoms with Crippen molar-refractivity contribution < 1.29 is 29.6 Å². The van der Waals surface area contributed by atoms with Gasteiger partial charge in [0.1, 0.15) is 11.0 Å². The van der Waals surface area contributed by atoms with Gasteiger partial charge in [-0.2, -0.15) is 0 Å². The predicted octanol–water partition coefficient (Wildman–Crippen LogP) is 0.883. The Hall–Kier alpha value is -1.66. The van der Waals surface area contributed by atoms with E-state index in [2.05, 4.69) is 6.58 Å². The SMILES string of the molecule is C=C1C[C@]23C[C@H]1[C@@H](O)C[C@H]2[C@@]12C=C[C@H](O)[C@@](C)(C(=O)O1)[C@H]2[C@@H]3C(=O)O. The zero-order chi connectivity index (χ0) is 17.9. The molecule has 5 rings (SSSR count). The van der Waals surface area contributed by atoms with Gasteiger partial charge in [0.25, 0.3) is 0 Å². The highest BCUT2D eigenvalue weighted by Crippen LogP contribution is 2.76. The molecule has 0 unspecified atom stereocenters. The van der Waals surface area contributed by atoms with Gasteiger partial charge in [0, 0.05) is 17.8 Å². The molecule has 1 heterocycles. The summed E-state index contributed by atoms with van der Waals surface area (Å²) in [5.74, 6) is -3.29. The van der Waals surface area contributed by atoms with E-state index in [0.717, 1.165) is 5.57 Å². The summed E-state index contributed by atoms with van der Waals surface area (Å²) in [7, 11) is 0. The van der Waals surface area contributed by atoms with Gasteiger partial charge in [-0.05, 0) is 37.7 Å². The number of ether oxygens (including phenoxy) is 1. The molecular weight excluding hydrogens is 324 g/mol. The van der Waals surface area contributed by atoms with E-state index in [1.54, 1.807) is 19.1 Å². The van der Waals surface area contributed by atoms with Gasteiger partial charge in [-0.15, -0.1) is 0 Å². The zero-order valence-electron chi connectivity index (χ0n) is 14.0. The summed E-state index contributed by atoms with van der Waals surface area (Å²) in [5, 5.41) is 31.3. The van der Waals surface area contributed by atoms with Crippen LogP contribution in [0.25, 0.3) is 0 Å². The molecule has 1 saturated heterocycles. The van der Waals surface area contributed by atoms with Gasteiger partial charge in [-0.1, -0.05) is 18.2 Å². The number of aliphatic hydroxyl groups is 2. The number of aliphatic carboxylic acids is 1. The first-order valence-electron chi connectivity index (χ1n) is 8.88. The first-order valence-corrected chi connectivity index (χ1v) is 8.88. The first kappa shape index (κ1) is 15.6. The normalized spacial score (nSPS) is 58.0. The van der Waals surface area contributed by atoms with Crippen LogP contribution in [-0.4, -0.2) is 45.1 Å². The van der Waals surface area contributed by atoms with Crippen molar-refractivity contribution in [3.8, 4) is 0 Å². The molecule has 0 aromatic heterocycles. The number of carbonyl (C=O) groups is 2. The van der Waals surface area contributed by atoms with Crippen molar-refractivity contribution >= 4 is 11.9 Å². The highest BCUT2D eigenvalue weighted by molar-refractivity contribution is 5.86. The molecular formula is C19H22O6. The Morgan fingerprint density at radius 1 is 1.40 bits per heavy atom. The van der Waals surface area contributed by atoms with Crippen LogP contribution >= 0.6 is 0 Å². The smallest absolute Gasteiger partial charge is 0.316 e. The van der Waals surface area contributed by atoms with E-state index in [1.165, 1.54) is 0 Å². The molecule has 0 radical (unpaired) electrons. The van der Waals surface area contributed by atoms with Crippen molar-refractivity contribution in [3.63, 3.8) is 0 Å². The fourth-order valence-electron chi connectivity index (χ4n) is 7.13. The first-order chi connectivity index (χ1) is 11.7. The molecule has 3 saturated carbocycles. The number of aliphatic hydroxyl groups excluding tert-OH is 2. The number of esters is 1. The number of hydrogen-bond donors (Lipinski definition) is 3. The monoisotopic (exact) mass is 346 g/mol. The van der Waals surface area contributed by atoms with Crippen LogP contribution in [-0.2, 0) is 14.3 Å². The summed E-state index contributed by atoms with van der Waals surface area (Å²) in [6.07, 6.45) is 3.11. The van der Waals surface area contributed by atoms with Crippen molar-refractivity contribution in [2.24, 2.45) is 34.5 Å². The minimum Gasteiger partial charge on any atom is -0.481 e. The van der Waals surface area contributed by atoms with E-state index < -0.39 is 52.4 Å². The fraction of sp³-hybridized carbons (Fsp3) is 0.684. The highest BCUT2D eigenvalue weighted by Gasteiger charge is 2.83. The van der Waals surface area contributed by atoms with E-state index in [1.807, 2.05) is 0 Å². The number of rotatable bonds is 1. The van der Waals surface area contributed by atoms with Gasteiger partial charge < -0.3 is 20.1 Å². The molecule has 4 bridgehead atoms. The summed E-state index contributed by atoms with van der Waals surface area (Å²) in [6, 6.07) is 0. The molecule has 134 valence electrons. The number of hydrogen-bond acceptors (Lipinski definition) is 5. The topological polar surface area (TPSA) is 104 Å². The quantitative estimate of drug-likeness (QED) is 0.481. The third kappa shape index (κ3) is 1.40. The lowest BCUT2D eigenvalue weighted by molar-refractivity contribution is -0.163. The maximum absolute atomic E-state index is 12.7. The van der Waals surface area contributed by atoms with Crippen molar-refractivity contribution in [2.75, 3.05) is 0 Å². The van der Waals surface area contributed by atoms with Gasteiger partial charge in [0.05, 0.1) is 18.1 Å². The Labute approximate surface area is 145 Å². The van der Waals surface area contributed by atoms with Crippen molar-refractivity contribution in [1.29, 1.82) is 0 Å². The third-order valence-electron chi connectivity index (χ3n) is 8.07.